The molecule has 0 radical (unpaired) electrons. The summed E-state index contributed by atoms with van der Waals surface area (Å²) in [4.78, 5) is 22.7. The van der Waals surface area contributed by atoms with Crippen molar-refractivity contribution < 1.29 is 14.0 Å². The van der Waals surface area contributed by atoms with Gasteiger partial charge in [0.15, 0.2) is 5.82 Å². The molecule has 1 N–H and O–H groups in total. The van der Waals surface area contributed by atoms with E-state index >= 15 is 0 Å². The van der Waals surface area contributed by atoms with E-state index in [9.17, 15) is 14.0 Å². The number of nitrogens with one attached hydrogen (secondary N) is 1. The lowest BCUT2D eigenvalue weighted by atomic mass is 10.2. The second-order valence-electron chi connectivity index (χ2n) is 3.89. The molecule has 1 rings (SSSR count). The van der Waals surface area contributed by atoms with Crippen molar-refractivity contribution in [1.29, 1.82) is 0 Å². The van der Waals surface area contributed by atoms with Gasteiger partial charge in [-0.15, -0.1) is 0 Å². The van der Waals surface area contributed by atoms with Crippen molar-refractivity contribution in [2.45, 2.75) is 13.3 Å². The molecule has 0 aliphatic heterocycles. The lowest BCUT2D eigenvalue weighted by Gasteiger charge is -2.20. The SMILES string of the molecule is Cc1ccc(N(C)CCC(=O)NC=O)c(F)c1Cl. The van der Waals surface area contributed by atoms with Crippen molar-refractivity contribution in [3.63, 3.8) is 0 Å². The number of amides is 2. The van der Waals surface area contributed by atoms with Gasteiger partial charge in [0.2, 0.25) is 12.3 Å². The number of carbonyl (C=O) groups is 2. The normalized spacial score (nSPS) is 10.0. The summed E-state index contributed by atoms with van der Waals surface area (Å²) in [5, 5.41) is 2.10. The van der Waals surface area contributed by atoms with Crippen LogP contribution in [0.2, 0.25) is 5.02 Å². The Labute approximate surface area is 110 Å². The molecule has 4 nitrogen and oxygen atoms in total. The molecule has 1 aromatic carbocycles. The minimum atomic E-state index is -0.505. The third-order valence-electron chi connectivity index (χ3n) is 2.56. The first-order valence-corrected chi connectivity index (χ1v) is 5.74. The van der Waals surface area contributed by atoms with Crippen LogP contribution in [0.4, 0.5) is 10.1 Å². The first-order valence-electron chi connectivity index (χ1n) is 5.36. The summed E-state index contributed by atoms with van der Waals surface area (Å²) in [5.41, 5.74) is 0.981. The Bertz CT molecular complexity index is 466. The van der Waals surface area contributed by atoms with Crippen molar-refractivity contribution in [2.24, 2.45) is 0 Å². The van der Waals surface area contributed by atoms with Crippen LogP contribution in [0.25, 0.3) is 0 Å². The minimum Gasteiger partial charge on any atom is -0.372 e. The molecule has 0 saturated heterocycles. The zero-order valence-electron chi connectivity index (χ0n) is 10.2. The van der Waals surface area contributed by atoms with Gasteiger partial charge in [-0.3, -0.25) is 14.9 Å². The molecule has 0 fully saturated rings. The number of imide groups is 1. The van der Waals surface area contributed by atoms with E-state index in [1.54, 1.807) is 31.0 Å². The van der Waals surface area contributed by atoms with Crippen LogP contribution in [-0.2, 0) is 9.59 Å². The average molecular weight is 273 g/mol. The minimum absolute atomic E-state index is 0.0803. The van der Waals surface area contributed by atoms with E-state index in [0.29, 0.717) is 17.7 Å². The van der Waals surface area contributed by atoms with Gasteiger partial charge in [0.05, 0.1) is 10.7 Å². The molecule has 6 heteroatoms. The van der Waals surface area contributed by atoms with Gasteiger partial charge in [0.25, 0.3) is 0 Å². The number of halogens is 2. The quantitative estimate of drug-likeness (QED) is 0.833. The van der Waals surface area contributed by atoms with Crippen LogP contribution >= 0.6 is 11.6 Å². The molecule has 0 spiro atoms. The number of benzene rings is 1. The molecule has 18 heavy (non-hydrogen) atoms. The molecule has 1 aromatic rings. The van der Waals surface area contributed by atoms with E-state index in [1.807, 2.05) is 5.32 Å². The number of hydrogen-bond acceptors (Lipinski definition) is 3. The molecule has 98 valence electrons. The van der Waals surface area contributed by atoms with Crippen LogP contribution in [-0.4, -0.2) is 25.9 Å². The van der Waals surface area contributed by atoms with Gasteiger partial charge in [-0.25, -0.2) is 4.39 Å². The largest absolute Gasteiger partial charge is 0.372 e. The predicted molar refractivity (Wildman–Crippen MR) is 68.2 cm³/mol. The van der Waals surface area contributed by atoms with Gasteiger partial charge in [0.1, 0.15) is 0 Å². The van der Waals surface area contributed by atoms with Crippen molar-refractivity contribution in [3.8, 4) is 0 Å². The summed E-state index contributed by atoms with van der Waals surface area (Å²) in [6.45, 7) is 2.00. The highest BCUT2D eigenvalue weighted by Crippen LogP contribution is 2.27. The molecule has 0 aliphatic rings. The fourth-order valence-electron chi connectivity index (χ4n) is 1.46. The highest BCUT2D eigenvalue weighted by atomic mass is 35.5. The van der Waals surface area contributed by atoms with E-state index in [-0.39, 0.29) is 18.0 Å². The summed E-state index contributed by atoms with van der Waals surface area (Å²) in [6.07, 6.45) is 0.422. The van der Waals surface area contributed by atoms with Crippen LogP contribution in [0.5, 0.6) is 0 Å². The number of hydrogen-bond donors (Lipinski definition) is 1. The van der Waals surface area contributed by atoms with Crippen molar-refractivity contribution >= 4 is 29.6 Å². The van der Waals surface area contributed by atoms with Crippen molar-refractivity contribution in [1.82, 2.24) is 5.32 Å². The Hall–Kier alpha value is -1.62. The maximum absolute atomic E-state index is 13.9. The predicted octanol–water partition coefficient (Wildman–Crippen LogP) is 1.89. The number of aryl methyl sites for hydroxylation is 1. The molecule has 0 aliphatic carbocycles. The molecule has 0 bridgehead atoms. The molecule has 0 heterocycles. The Kier molecular flexibility index (Phi) is 5.09. The zero-order valence-corrected chi connectivity index (χ0v) is 10.9. The van der Waals surface area contributed by atoms with Gasteiger partial charge in [0, 0.05) is 20.0 Å². The smallest absolute Gasteiger partial charge is 0.228 e. The monoisotopic (exact) mass is 272 g/mol. The molecule has 0 aromatic heterocycles. The Morgan fingerprint density at radius 3 is 2.83 bits per heavy atom. The molecule has 0 atom stereocenters. The van der Waals surface area contributed by atoms with Gasteiger partial charge in [-0.05, 0) is 18.6 Å². The second kappa shape index (κ2) is 6.35. The van der Waals surface area contributed by atoms with E-state index in [4.69, 9.17) is 11.6 Å². The van der Waals surface area contributed by atoms with Crippen molar-refractivity contribution in [3.05, 3.63) is 28.5 Å². The third-order valence-corrected chi connectivity index (χ3v) is 3.02. The van der Waals surface area contributed by atoms with Gasteiger partial charge in [-0.2, -0.15) is 0 Å². The van der Waals surface area contributed by atoms with Crippen LogP contribution < -0.4 is 10.2 Å². The lowest BCUT2D eigenvalue weighted by Crippen LogP contribution is -2.28. The first-order chi connectivity index (χ1) is 8.47. The summed E-state index contributed by atoms with van der Waals surface area (Å²) < 4.78 is 13.9. The Morgan fingerprint density at radius 1 is 1.56 bits per heavy atom. The summed E-state index contributed by atoms with van der Waals surface area (Å²) in [5.74, 6) is -0.912. The fraction of sp³-hybridized carbons (Fsp3) is 0.333. The first kappa shape index (κ1) is 14.4. The van der Waals surface area contributed by atoms with E-state index in [0.717, 1.165) is 0 Å². The van der Waals surface area contributed by atoms with E-state index in [1.165, 1.54) is 0 Å². The molecule has 0 unspecified atom stereocenters. The summed E-state index contributed by atoms with van der Waals surface area (Å²) in [6, 6.07) is 3.32. The Morgan fingerprint density at radius 2 is 2.22 bits per heavy atom. The van der Waals surface area contributed by atoms with E-state index < -0.39 is 11.7 Å². The van der Waals surface area contributed by atoms with Crippen molar-refractivity contribution in [2.75, 3.05) is 18.5 Å². The van der Waals surface area contributed by atoms with E-state index in [2.05, 4.69) is 0 Å². The summed E-state index contributed by atoms with van der Waals surface area (Å²) in [7, 11) is 1.65. The maximum Gasteiger partial charge on any atom is 0.228 e. The van der Waals surface area contributed by atoms with Crippen LogP contribution in [0, 0.1) is 12.7 Å². The molecular weight excluding hydrogens is 259 g/mol. The number of rotatable bonds is 5. The molecule has 2 amide bonds. The summed E-state index contributed by atoms with van der Waals surface area (Å²) >= 11 is 5.81. The number of anilines is 1. The van der Waals surface area contributed by atoms with Gasteiger partial charge < -0.3 is 4.90 Å². The topological polar surface area (TPSA) is 49.4 Å². The fourth-order valence-corrected chi connectivity index (χ4v) is 1.62. The average Bonchev–Trinajstić information content (AvgIpc) is 2.34. The third kappa shape index (κ3) is 3.43. The van der Waals surface area contributed by atoms with Crippen LogP contribution in [0.3, 0.4) is 0 Å². The van der Waals surface area contributed by atoms with Gasteiger partial charge >= 0.3 is 0 Å². The standard InChI is InChI=1S/C12H14ClFN2O2/c1-8-3-4-9(12(14)11(8)13)16(2)6-5-10(18)15-7-17/h3-4,7H,5-6H2,1-2H3,(H,15,17,18). The number of carbonyl (C=O) groups excluding carboxylic acids is 2. The Balaban J connectivity index is 2.73. The zero-order chi connectivity index (χ0) is 13.7. The number of nitrogens with zero attached hydrogens (tertiary/aromatic N) is 1. The maximum atomic E-state index is 13.9. The molecular formula is C12H14ClFN2O2. The second-order valence-corrected chi connectivity index (χ2v) is 4.26. The highest BCUT2D eigenvalue weighted by Gasteiger charge is 2.13. The molecule has 0 saturated carbocycles. The van der Waals surface area contributed by atoms with Crippen LogP contribution in [0.1, 0.15) is 12.0 Å². The van der Waals surface area contributed by atoms with Crippen LogP contribution in [0.15, 0.2) is 12.1 Å². The lowest BCUT2D eigenvalue weighted by molar-refractivity contribution is -0.125. The van der Waals surface area contributed by atoms with Gasteiger partial charge in [-0.1, -0.05) is 17.7 Å². The highest BCUT2D eigenvalue weighted by molar-refractivity contribution is 6.31.